The van der Waals surface area contributed by atoms with E-state index in [2.05, 4.69) is 30.7 Å². The molecule has 1 aliphatic rings. The average Bonchev–Trinajstić information content (AvgIpc) is 2.37. The Morgan fingerprint density at radius 1 is 1.37 bits per heavy atom. The van der Waals surface area contributed by atoms with Crippen molar-refractivity contribution >= 4 is 29.2 Å². The first kappa shape index (κ1) is 14.9. The smallest absolute Gasteiger partial charge is 0.137 e. The van der Waals surface area contributed by atoms with Gasteiger partial charge in [0.15, 0.2) is 0 Å². The second kappa shape index (κ2) is 6.31. The molecule has 3 nitrogen and oxygen atoms in total. The Kier molecular flexibility index (Phi) is 4.96. The normalized spacial score (nSPS) is 23.7. The number of anilines is 1. The Morgan fingerprint density at radius 3 is 2.79 bits per heavy atom. The molecule has 2 unspecified atom stereocenters. The number of thioether (sulfide) groups is 1. The molecule has 1 aromatic rings. The van der Waals surface area contributed by atoms with Crippen molar-refractivity contribution in [3.05, 3.63) is 16.5 Å². The molecule has 0 aromatic carbocycles. The second-order valence-electron chi connectivity index (χ2n) is 5.14. The van der Waals surface area contributed by atoms with Gasteiger partial charge in [-0.15, -0.1) is 0 Å². The van der Waals surface area contributed by atoms with Gasteiger partial charge in [0.25, 0.3) is 0 Å². The number of rotatable bonds is 3. The molecule has 0 aliphatic carbocycles. The molecule has 2 atom stereocenters. The number of nitrogens with zero attached hydrogens (tertiary/aromatic N) is 3. The lowest BCUT2D eigenvalue weighted by molar-refractivity contribution is 0.615. The van der Waals surface area contributed by atoms with Gasteiger partial charge in [-0.25, -0.2) is 9.97 Å². The van der Waals surface area contributed by atoms with Crippen LogP contribution < -0.4 is 4.90 Å². The molecule has 5 heteroatoms. The van der Waals surface area contributed by atoms with Crippen LogP contribution in [0.25, 0.3) is 0 Å². The minimum atomic E-state index is 0.484. The van der Waals surface area contributed by atoms with Crippen molar-refractivity contribution in [3.63, 3.8) is 0 Å². The summed E-state index contributed by atoms with van der Waals surface area (Å²) in [6, 6.07) is 0.484. The predicted molar refractivity (Wildman–Crippen MR) is 84.5 cm³/mol. The Balaban J connectivity index is 2.37. The van der Waals surface area contributed by atoms with Gasteiger partial charge in [0.1, 0.15) is 16.8 Å². The van der Waals surface area contributed by atoms with Crippen molar-refractivity contribution in [1.82, 2.24) is 9.97 Å². The van der Waals surface area contributed by atoms with E-state index >= 15 is 0 Å². The van der Waals surface area contributed by atoms with Crippen LogP contribution in [0.15, 0.2) is 0 Å². The van der Waals surface area contributed by atoms with Crippen molar-refractivity contribution in [2.24, 2.45) is 0 Å². The first-order valence-electron chi connectivity index (χ1n) is 6.95. The highest BCUT2D eigenvalue weighted by Gasteiger charge is 2.28. The number of hydrogen-bond donors (Lipinski definition) is 0. The maximum Gasteiger partial charge on any atom is 0.137 e. The highest BCUT2D eigenvalue weighted by Crippen LogP contribution is 2.31. The van der Waals surface area contributed by atoms with Crippen molar-refractivity contribution < 1.29 is 0 Å². The highest BCUT2D eigenvalue weighted by atomic mass is 35.5. The van der Waals surface area contributed by atoms with Gasteiger partial charge >= 0.3 is 0 Å². The average molecular weight is 300 g/mol. The van der Waals surface area contributed by atoms with E-state index in [-0.39, 0.29) is 0 Å². The van der Waals surface area contributed by atoms with Crippen LogP contribution >= 0.6 is 23.4 Å². The molecule has 1 fully saturated rings. The molecule has 0 bridgehead atoms. The van der Waals surface area contributed by atoms with E-state index < -0.39 is 0 Å². The monoisotopic (exact) mass is 299 g/mol. The van der Waals surface area contributed by atoms with Gasteiger partial charge in [0, 0.05) is 35.6 Å². The van der Waals surface area contributed by atoms with E-state index in [4.69, 9.17) is 16.6 Å². The van der Waals surface area contributed by atoms with Crippen LogP contribution in [0.4, 0.5) is 5.82 Å². The SMILES string of the molecule is CCCc1nc(Cl)c(C)c(N2CCSC(C)C2C)n1. The minimum absolute atomic E-state index is 0.484. The topological polar surface area (TPSA) is 29.0 Å². The summed E-state index contributed by atoms with van der Waals surface area (Å²) < 4.78 is 0. The van der Waals surface area contributed by atoms with Crippen molar-refractivity contribution in [3.8, 4) is 0 Å². The Hall–Kier alpha value is -0.480. The van der Waals surface area contributed by atoms with Crippen molar-refractivity contribution in [1.29, 1.82) is 0 Å². The van der Waals surface area contributed by atoms with Gasteiger partial charge in [0.05, 0.1) is 0 Å². The van der Waals surface area contributed by atoms with E-state index in [1.165, 1.54) is 0 Å². The molecular weight excluding hydrogens is 278 g/mol. The zero-order valence-electron chi connectivity index (χ0n) is 12.1. The molecule has 1 aromatic heterocycles. The number of aryl methyl sites for hydroxylation is 1. The fraction of sp³-hybridized carbons (Fsp3) is 0.714. The molecule has 1 saturated heterocycles. The van der Waals surface area contributed by atoms with Gasteiger partial charge < -0.3 is 4.90 Å². The van der Waals surface area contributed by atoms with Gasteiger partial charge in [-0.05, 0) is 20.3 Å². The van der Waals surface area contributed by atoms with Crippen LogP contribution in [0.3, 0.4) is 0 Å². The van der Waals surface area contributed by atoms with Crippen LogP contribution in [0.5, 0.6) is 0 Å². The van der Waals surface area contributed by atoms with Crippen LogP contribution in [-0.2, 0) is 6.42 Å². The van der Waals surface area contributed by atoms with Crippen LogP contribution in [0.1, 0.15) is 38.6 Å². The zero-order chi connectivity index (χ0) is 14.0. The molecule has 1 aliphatic heterocycles. The maximum atomic E-state index is 6.28. The minimum Gasteiger partial charge on any atom is -0.352 e. The summed E-state index contributed by atoms with van der Waals surface area (Å²) in [5.41, 5.74) is 1.01. The Morgan fingerprint density at radius 2 is 2.11 bits per heavy atom. The fourth-order valence-electron chi connectivity index (χ4n) is 2.37. The summed E-state index contributed by atoms with van der Waals surface area (Å²) in [6.07, 6.45) is 1.93. The summed E-state index contributed by atoms with van der Waals surface area (Å²) in [7, 11) is 0. The Labute approximate surface area is 125 Å². The fourth-order valence-corrected chi connectivity index (χ4v) is 3.65. The molecule has 0 radical (unpaired) electrons. The zero-order valence-corrected chi connectivity index (χ0v) is 13.7. The largest absolute Gasteiger partial charge is 0.352 e. The molecule has 19 heavy (non-hydrogen) atoms. The molecule has 106 valence electrons. The van der Waals surface area contributed by atoms with E-state index in [9.17, 15) is 0 Å². The molecule has 0 saturated carbocycles. The van der Waals surface area contributed by atoms with Crippen LogP contribution in [-0.4, -0.2) is 33.6 Å². The molecule has 2 rings (SSSR count). The van der Waals surface area contributed by atoms with Crippen molar-refractivity contribution in [2.75, 3.05) is 17.2 Å². The summed E-state index contributed by atoms with van der Waals surface area (Å²) in [6.45, 7) is 9.75. The lowest BCUT2D eigenvalue weighted by atomic mass is 10.2. The van der Waals surface area contributed by atoms with Gasteiger partial charge in [-0.2, -0.15) is 11.8 Å². The molecule has 0 N–H and O–H groups in total. The van der Waals surface area contributed by atoms with E-state index in [1.807, 2.05) is 18.7 Å². The predicted octanol–water partition coefficient (Wildman–Crippen LogP) is 3.72. The van der Waals surface area contributed by atoms with Gasteiger partial charge in [0.2, 0.25) is 0 Å². The number of aromatic nitrogens is 2. The van der Waals surface area contributed by atoms with Gasteiger partial charge in [-0.3, -0.25) is 0 Å². The molecule has 0 spiro atoms. The standard InChI is InChI=1S/C14H22ClN3S/c1-5-6-12-16-13(15)9(2)14(17-12)18-7-8-19-11(4)10(18)3/h10-11H,5-8H2,1-4H3. The molecular formula is C14H22ClN3S. The lowest BCUT2D eigenvalue weighted by Crippen LogP contribution is -2.45. The van der Waals surface area contributed by atoms with E-state index in [1.54, 1.807) is 0 Å². The summed E-state index contributed by atoms with van der Waals surface area (Å²) >= 11 is 8.31. The van der Waals surface area contributed by atoms with E-state index in [0.29, 0.717) is 16.4 Å². The first-order chi connectivity index (χ1) is 9.04. The summed E-state index contributed by atoms with van der Waals surface area (Å²) in [4.78, 5) is 11.5. The van der Waals surface area contributed by atoms with E-state index in [0.717, 1.165) is 42.3 Å². The van der Waals surface area contributed by atoms with Crippen LogP contribution in [0, 0.1) is 6.92 Å². The van der Waals surface area contributed by atoms with Crippen LogP contribution in [0.2, 0.25) is 5.15 Å². The second-order valence-corrected chi connectivity index (χ2v) is 6.98. The molecule has 0 amide bonds. The number of halogens is 1. The first-order valence-corrected chi connectivity index (χ1v) is 8.38. The van der Waals surface area contributed by atoms with Crippen molar-refractivity contribution in [2.45, 2.75) is 51.8 Å². The maximum absolute atomic E-state index is 6.28. The summed E-state index contributed by atoms with van der Waals surface area (Å²) in [5, 5.41) is 1.23. The third-order valence-electron chi connectivity index (χ3n) is 3.74. The quantitative estimate of drug-likeness (QED) is 0.796. The lowest BCUT2D eigenvalue weighted by Gasteiger charge is -2.39. The third-order valence-corrected chi connectivity index (χ3v) is 5.44. The van der Waals surface area contributed by atoms with Gasteiger partial charge in [-0.1, -0.05) is 25.4 Å². The Bertz CT molecular complexity index is 453. The molecule has 2 heterocycles. The highest BCUT2D eigenvalue weighted by molar-refractivity contribution is 8.00. The number of hydrogen-bond acceptors (Lipinski definition) is 4. The third kappa shape index (κ3) is 3.16. The summed E-state index contributed by atoms with van der Waals surface area (Å²) in [5.74, 6) is 3.05.